The van der Waals surface area contributed by atoms with Crippen molar-refractivity contribution in [2.75, 3.05) is 0 Å². The Morgan fingerprint density at radius 2 is 1.22 bits per heavy atom. The summed E-state index contributed by atoms with van der Waals surface area (Å²) in [5.41, 5.74) is 10.3. The van der Waals surface area contributed by atoms with Gasteiger partial charge in [-0.3, -0.25) is 18.7 Å². The highest BCUT2D eigenvalue weighted by molar-refractivity contribution is 6.09. The van der Waals surface area contributed by atoms with Crippen LogP contribution in [0.4, 0.5) is 0 Å². The molecule has 0 atom stereocenters. The van der Waals surface area contributed by atoms with E-state index < -0.39 is 0 Å². The highest BCUT2D eigenvalue weighted by Gasteiger charge is 2.23. The zero-order chi connectivity index (χ0) is 38.2. The minimum absolute atomic E-state index is 0.00408. The number of benzene rings is 4. The molecule has 6 nitrogen and oxygen atoms in total. The first-order chi connectivity index (χ1) is 25.6. The van der Waals surface area contributed by atoms with E-state index in [1.54, 1.807) is 0 Å². The van der Waals surface area contributed by atoms with Crippen LogP contribution in [-0.4, -0.2) is 19.1 Å². The molecule has 0 aliphatic heterocycles. The maximum atomic E-state index is 6.65. The van der Waals surface area contributed by atoms with Gasteiger partial charge in [0.2, 0.25) is 0 Å². The monoisotopic (exact) mass is 711 g/mol. The molecule has 4 aromatic heterocycles. The molecule has 0 unspecified atom stereocenters. The lowest BCUT2D eigenvalue weighted by Crippen LogP contribution is -2.31. The second-order valence-corrected chi connectivity index (χ2v) is 17.6. The maximum Gasteiger partial charge on any atom is 0.271 e. The molecule has 272 valence electrons. The van der Waals surface area contributed by atoms with Crippen LogP contribution in [0.15, 0.2) is 116 Å². The summed E-state index contributed by atoms with van der Waals surface area (Å²) < 4.78 is 13.1. The third-order valence-corrected chi connectivity index (χ3v) is 10.5. The number of rotatable bonds is 5. The smallest absolute Gasteiger partial charge is 0.271 e. The van der Waals surface area contributed by atoms with Crippen LogP contribution in [0.2, 0.25) is 0 Å². The molecular weight excluding hydrogens is 663 g/mol. The summed E-state index contributed by atoms with van der Waals surface area (Å²) in [5.74, 6) is 3.04. The van der Waals surface area contributed by atoms with E-state index in [1.807, 2.05) is 30.6 Å². The predicted octanol–water partition coefficient (Wildman–Crippen LogP) is 11.6. The summed E-state index contributed by atoms with van der Waals surface area (Å²) in [4.78, 5) is 9.70. The summed E-state index contributed by atoms with van der Waals surface area (Å²) >= 11 is 0. The van der Waals surface area contributed by atoms with Gasteiger partial charge in [-0.25, -0.2) is 4.98 Å². The predicted molar refractivity (Wildman–Crippen MR) is 221 cm³/mol. The zero-order valence-electron chi connectivity index (χ0n) is 33.1. The van der Waals surface area contributed by atoms with Gasteiger partial charge in [0, 0.05) is 35.3 Å². The van der Waals surface area contributed by atoms with Crippen molar-refractivity contribution >= 4 is 32.8 Å². The second kappa shape index (κ2) is 12.7. The molecule has 8 aromatic rings. The fourth-order valence-electron chi connectivity index (χ4n) is 7.28. The summed E-state index contributed by atoms with van der Waals surface area (Å²) in [6.45, 7) is 22.5. The minimum atomic E-state index is -0.0115. The van der Waals surface area contributed by atoms with Gasteiger partial charge >= 0.3 is 0 Å². The molecular formula is C48H49N5O. The molecule has 0 aliphatic rings. The van der Waals surface area contributed by atoms with E-state index in [9.17, 15) is 0 Å². The highest BCUT2D eigenvalue weighted by Crippen LogP contribution is 2.37. The van der Waals surface area contributed by atoms with Gasteiger partial charge in [0.15, 0.2) is 5.82 Å². The molecule has 6 heteroatoms. The summed E-state index contributed by atoms with van der Waals surface area (Å²) in [5, 5.41) is 2.32. The second-order valence-electron chi connectivity index (χ2n) is 17.6. The number of aromatic nitrogens is 5. The molecule has 0 saturated carbocycles. The van der Waals surface area contributed by atoms with Crippen LogP contribution in [0.3, 0.4) is 0 Å². The molecule has 4 heterocycles. The standard InChI is InChI=1S/C48H49N5O/c1-31-14-13-17-41-45(31)52(30-51(41)35-25-33(47(5,6)7)24-34(26-35)48(8,9)10)43-29-37(21-23-49-43)54-36-18-19-39-38-15-11-12-16-40(38)53(42(39)28-36)44-27-32(20-22-50-44)46(2,3)4/h11-29H,1-10H3. The summed E-state index contributed by atoms with van der Waals surface area (Å²) in [6.07, 6.45) is 7.41. The molecule has 0 spiro atoms. The number of hydrogen-bond donors (Lipinski definition) is 0. The van der Waals surface area contributed by atoms with Crippen LogP contribution in [0, 0.1) is 13.3 Å². The Balaban J connectivity index is 1.23. The van der Waals surface area contributed by atoms with Crippen molar-refractivity contribution in [1.29, 1.82) is 0 Å². The van der Waals surface area contributed by atoms with E-state index in [0.29, 0.717) is 5.75 Å². The van der Waals surface area contributed by atoms with Gasteiger partial charge in [-0.05, 0) is 94.0 Å². The topological polar surface area (TPSA) is 48.8 Å². The molecule has 0 fully saturated rings. The molecule has 0 N–H and O–H groups in total. The van der Waals surface area contributed by atoms with E-state index in [0.717, 1.165) is 56.1 Å². The van der Waals surface area contributed by atoms with E-state index >= 15 is 0 Å². The zero-order valence-corrected chi connectivity index (χ0v) is 33.1. The number of para-hydroxylation sites is 2. The average Bonchev–Trinajstić information content (AvgIpc) is 3.68. The Kier molecular flexibility index (Phi) is 8.29. The molecule has 0 amide bonds. The number of pyridine rings is 2. The molecule has 0 saturated heterocycles. The van der Waals surface area contributed by atoms with E-state index in [-0.39, 0.29) is 16.2 Å². The van der Waals surface area contributed by atoms with Gasteiger partial charge in [0.1, 0.15) is 17.3 Å². The number of hydrogen-bond acceptors (Lipinski definition) is 3. The van der Waals surface area contributed by atoms with Crippen molar-refractivity contribution in [2.24, 2.45) is 0 Å². The first kappa shape index (κ1) is 35.3. The molecule has 8 rings (SSSR count). The highest BCUT2D eigenvalue weighted by atomic mass is 16.5. The van der Waals surface area contributed by atoms with Gasteiger partial charge in [0.25, 0.3) is 6.33 Å². The van der Waals surface area contributed by atoms with Gasteiger partial charge in [-0.1, -0.05) is 105 Å². The lowest BCUT2D eigenvalue weighted by Gasteiger charge is -2.26. The molecule has 0 bridgehead atoms. The third-order valence-electron chi connectivity index (χ3n) is 10.5. The Bertz CT molecular complexity index is 2680. The molecule has 0 radical (unpaired) electrons. The lowest BCUT2D eigenvalue weighted by molar-refractivity contribution is -0.572. The van der Waals surface area contributed by atoms with Crippen LogP contribution < -0.4 is 9.30 Å². The van der Waals surface area contributed by atoms with Gasteiger partial charge < -0.3 is 4.74 Å². The van der Waals surface area contributed by atoms with Crippen molar-refractivity contribution in [2.45, 2.75) is 85.5 Å². The molecule has 54 heavy (non-hydrogen) atoms. The maximum absolute atomic E-state index is 6.65. The van der Waals surface area contributed by atoms with Crippen molar-refractivity contribution in [3.8, 4) is 28.8 Å². The Labute approximate surface area is 318 Å². The van der Waals surface area contributed by atoms with Crippen LogP contribution in [-0.2, 0) is 16.2 Å². The number of ether oxygens (including phenoxy) is 1. The van der Waals surface area contributed by atoms with Crippen molar-refractivity contribution in [1.82, 2.24) is 19.1 Å². The number of fused-ring (bicyclic) bond motifs is 4. The number of nitrogens with zero attached hydrogens (tertiary/aromatic N) is 5. The van der Waals surface area contributed by atoms with Gasteiger partial charge in [-0.15, -0.1) is 0 Å². The van der Waals surface area contributed by atoms with Crippen LogP contribution in [0.25, 0.3) is 50.2 Å². The first-order valence-corrected chi connectivity index (χ1v) is 18.8. The van der Waals surface area contributed by atoms with E-state index in [4.69, 9.17) is 14.7 Å². The van der Waals surface area contributed by atoms with E-state index in [2.05, 4.69) is 174 Å². The van der Waals surface area contributed by atoms with Gasteiger partial charge in [0.05, 0.1) is 27.8 Å². The fourth-order valence-corrected chi connectivity index (χ4v) is 7.28. The van der Waals surface area contributed by atoms with Crippen LogP contribution >= 0.6 is 0 Å². The fraction of sp³-hybridized carbons (Fsp3) is 0.271. The summed E-state index contributed by atoms with van der Waals surface area (Å²) in [7, 11) is 0. The van der Waals surface area contributed by atoms with Crippen molar-refractivity contribution in [3.05, 3.63) is 144 Å². The number of imidazole rings is 1. The Hall–Kier alpha value is -5.75. The normalized spacial score (nSPS) is 12.6. The Morgan fingerprint density at radius 3 is 1.94 bits per heavy atom. The van der Waals surface area contributed by atoms with E-state index in [1.165, 1.54) is 22.1 Å². The quantitative estimate of drug-likeness (QED) is 0.132. The molecule has 0 aliphatic carbocycles. The first-order valence-electron chi connectivity index (χ1n) is 18.8. The molecule has 4 aromatic carbocycles. The summed E-state index contributed by atoms with van der Waals surface area (Å²) in [6, 6.07) is 36.4. The SMILES string of the molecule is Cc1cccc2c1n(-c1cc(Oc3ccc4c5ccccc5n(-c5cc(C(C)(C)C)ccn5)c4c3)ccn1)[c-][n+]2-c1cc(C(C)(C)C)cc(C(C)(C)C)c1. The third kappa shape index (κ3) is 6.34. The number of aryl methyl sites for hydroxylation is 1. The minimum Gasteiger partial charge on any atom is -0.458 e. The Morgan fingerprint density at radius 1 is 0.574 bits per heavy atom. The van der Waals surface area contributed by atoms with Crippen LogP contribution in [0.5, 0.6) is 11.5 Å². The largest absolute Gasteiger partial charge is 0.458 e. The van der Waals surface area contributed by atoms with Crippen molar-refractivity contribution in [3.63, 3.8) is 0 Å². The lowest BCUT2D eigenvalue weighted by atomic mass is 9.80. The van der Waals surface area contributed by atoms with Gasteiger partial charge in [-0.2, -0.15) is 0 Å². The van der Waals surface area contributed by atoms with Crippen molar-refractivity contribution < 1.29 is 9.30 Å². The van der Waals surface area contributed by atoms with Crippen LogP contribution in [0.1, 0.15) is 84.6 Å². The average molecular weight is 712 g/mol.